The minimum absolute atomic E-state index is 0.0179. The number of likely N-dealkylation sites (N-methyl/N-ethyl adjacent to an activating group) is 1. The van der Waals surface area contributed by atoms with Crippen LogP contribution in [0.15, 0.2) is 47.5 Å². The molecule has 3 atom stereocenters. The molecule has 228 valence electrons. The van der Waals surface area contributed by atoms with Gasteiger partial charge in [-0.05, 0) is 61.4 Å². The van der Waals surface area contributed by atoms with Crippen molar-refractivity contribution in [2.75, 3.05) is 26.7 Å². The van der Waals surface area contributed by atoms with Crippen LogP contribution in [0.25, 0.3) is 10.8 Å². The standard InChI is InChI=1S/C31H45N7O4/c1-37(26(29(33)41)14-7-17-36-31(34)35)30(42)23(10-4-5-16-32)19-27(39)25-15-8-18-38(25)28(40)20-22-12-6-11-21-9-2-3-13-24(21)22/h2-3,6,9,11-13,23,25-26H,4-5,7-8,10,14-20,32H2,1H3,(H2,33,41)(H4,34,35,36)/t23-,25+,26+/m1/s1. The van der Waals surface area contributed by atoms with Crippen LogP contribution in [0.3, 0.4) is 0 Å². The van der Waals surface area contributed by atoms with E-state index in [1.165, 1.54) is 11.9 Å². The molecule has 0 unspecified atom stereocenters. The van der Waals surface area contributed by atoms with Crippen molar-refractivity contribution in [2.45, 2.75) is 69.9 Å². The van der Waals surface area contributed by atoms with Gasteiger partial charge in [0.15, 0.2) is 11.7 Å². The van der Waals surface area contributed by atoms with Crippen molar-refractivity contribution in [1.29, 1.82) is 0 Å². The fourth-order valence-electron chi connectivity index (χ4n) is 5.80. The first kappa shape index (κ1) is 32.5. The summed E-state index contributed by atoms with van der Waals surface area (Å²) in [5.74, 6) is -1.89. The lowest BCUT2D eigenvalue weighted by molar-refractivity contribution is -0.144. The number of Topliss-reactive ketones (excluding diaryl/α,β-unsaturated/α-hetero) is 1. The Kier molecular flexibility index (Phi) is 12.3. The van der Waals surface area contributed by atoms with E-state index in [4.69, 9.17) is 22.9 Å². The van der Waals surface area contributed by atoms with E-state index in [2.05, 4.69) is 4.99 Å². The Hall–Kier alpha value is -3.99. The van der Waals surface area contributed by atoms with E-state index in [0.717, 1.165) is 22.8 Å². The molecule has 0 bridgehead atoms. The number of hydrogen-bond acceptors (Lipinski definition) is 6. The largest absolute Gasteiger partial charge is 0.370 e. The zero-order valence-electron chi connectivity index (χ0n) is 24.5. The van der Waals surface area contributed by atoms with E-state index >= 15 is 0 Å². The number of carbonyl (C=O) groups excluding carboxylic acids is 4. The number of benzene rings is 2. The molecule has 3 amide bonds. The summed E-state index contributed by atoms with van der Waals surface area (Å²) in [5, 5.41) is 2.08. The lowest BCUT2D eigenvalue weighted by Gasteiger charge is -2.30. The maximum absolute atomic E-state index is 13.7. The second-order valence-corrected chi connectivity index (χ2v) is 11.0. The SMILES string of the molecule is CN(C(=O)[C@H](CCCCN)CC(=O)[C@@H]1CCCN1C(=O)Cc1cccc2ccccc12)[C@@H](CCCN=C(N)N)C(N)=O. The van der Waals surface area contributed by atoms with Gasteiger partial charge in [0.1, 0.15) is 6.04 Å². The third-order valence-corrected chi connectivity index (χ3v) is 8.04. The van der Waals surface area contributed by atoms with Gasteiger partial charge in [-0.15, -0.1) is 0 Å². The molecule has 0 radical (unpaired) electrons. The topological polar surface area (TPSA) is 191 Å². The van der Waals surface area contributed by atoms with E-state index in [1.54, 1.807) is 4.90 Å². The summed E-state index contributed by atoms with van der Waals surface area (Å²) in [7, 11) is 1.54. The van der Waals surface area contributed by atoms with Gasteiger partial charge in [-0.1, -0.05) is 48.9 Å². The summed E-state index contributed by atoms with van der Waals surface area (Å²) in [6.45, 7) is 1.28. The quantitative estimate of drug-likeness (QED) is 0.131. The molecule has 1 aliphatic rings. The number of guanidine groups is 1. The highest BCUT2D eigenvalue weighted by Gasteiger charge is 2.37. The molecule has 11 heteroatoms. The van der Waals surface area contributed by atoms with Crippen molar-refractivity contribution >= 4 is 40.2 Å². The third-order valence-electron chi connectivity index (χ3n) is 8.04. The summed E-state index contributed by atoms with van der Waals surface area (Å²) in [6, 6.07) is 12.4. The fourth-order valence-corrected chi connectivity index (χ4v) is 5.80. The Bertz CT molecular complexity index is 1270. The highest BCUT2D eigenvalue weighted by atomic mass is 16.2. The number of nitrogens with zero attached hydrogens (tertiary/aromatic N) is 3. The smallest absolute Gasteiger partial charge is 0.240 e. The first-order chi connectivity index (χ1) is 20.1. The number of rotatable bonds is 16. The van der Waals surface area contributed by atoms with E-state index in [0.29, 0.717) is 51.7 Å². The van der Waals surface area contributed by atoms with Crippen molar-refractivity contribution in [2.24, 2.45) is 33.8 Å². The number of primary amides is 1. The van der Waals surface area contributed by atoms with Crippen molar-refractivity contribution in [3.05, 3.63) is 48.0 Å². The molecule has 8 N–H and O–H groups in total. The lowest BCUT2D eigenvalue weighted by Crippen LogP contribution is -2.49. The molecular weight excluding hydrogens is 534 g/mol. The van der Waals surface area contributed by atoms with Gasteiger partial charge in [-0.3, -0.25) is 24.2 Å². The van der Waals surface area contributed by atoms with Gasteiger partial charge >= 0.3 is 0 Å². The summed E-state index contributed by atoms with van der Waals surface area (Å²) in [5.41, 5.74) is 23.0. The van der Waals surface area contributed by atoms with Crippen LogP contribution in [-0.2, 0) is 25.6 Å². The molecule has 1 heterocycles. The van der Waals surface area contributed by atoms with Gasteiger partial charge in [0.25, 0.3) is 0 Å². The predicted molar refractivity (Wildman–Crippen MR) is 164 cm³/mol. The number of fused-ring (bicyclic) bond motifs is 1. The number of aliphatic imine (C=N–C) groups is 1. The monoisotopic (exact) mass is 579 g/mol. The van der Waals surface area contributed by atoms with Crippen LogP contribution in [0.5, 0.6) is 0 Å². The number of amides is 3. The number of carbonyl (C=O) groups is 4. The molecule has 1 fully saturated rings. The van der Waals surface area contributed by atoms with Crippen LogP contribution in [0, 0.1) is 5.92 Å². The van der Waals surface area contributed by atoms with E-state index in [9.17, 15) is 19.2 Å². The zero-order valence-corrected chi connectivity index (χ0v) is 24.5. The predicted octanol–water partition coefficient (Wildman–Crippen LogP) is 1.44. The first-order valence-corrected chi connectivity index (χ1v) is 14.7. The summed E-state index contributed by atoms with van der Waals surface area (Å²) < 4.78 is 0. The van der Waals surface area contributed by atoms with Crippen LogP contribution in [0.4, 0.5) is 0 Å². The summed E-state index contributed by atoms with van der Waals surface area (Å²) in [6.07, 6.45) is 4.03. The fraction of sp³-hybridized carbons (Fsp3) is 0.516. The minimum atomic E-state index is -0.857. The van der Waals surface area contributed by atoms with Crippen molar-refractivity contribution < 1.29 is 19.2 Å². The molecule has 42 heavy (non-hydrogen) atoms. The average Bonchev–Trinajstić information content (AvgIpc) is 3.46. The maximum Gasteiger partial charge on any atom is 0.240 e. The highest BCUT2D eigenvalue weighted by Crippen LogP contribution is 2.27. The minimum Gasteiger partial charge on any atom is -0.370 e. The number of unbranched alkanes of at least 4 members (excludes halogenated alkanes) is 1. The summed E-state index contributed by atoms with van der Waals surface area (Å²) in [4.78, 5) is 59.9. The molecule has 2 aromatic carbocycles. The molecule has 11 nitrogen and oxygen atoms in total. The van der Waals surface area contributed by atoms with Crippen LogP contribution < -0.4 is 22.9 Å². The first-order valence-electron chi connectivity index (χ1n) is 14.7. The zero-order chi connectivity index (χ0) is 30.6. The van der Waals surface area contributed by atoms with Gasteiger partial charge in [-0.25, -0.2) is 0 Å². The summed E-state index contributed by atoms with van der Waals surface area (Å²) >= 11 is 0. The van der Waals surface area contributed by atoms with Crippen molar-refractivity contribution in [3.63, 3.8) is 0 Å². The molecule has 2 aromatic rings. The van der Waals surface area contributed by atoms with Gasteiger partial charge in [0.2, 0.25) is 17.7 Å². The Morgan fingerprint density at radius 2 is 1.74 bits per heavy atom. The van der Waals surface area contributed by atoms with Crippen LogP contribution in [-0.4, -0.2) is 78.0 Å². The number of ketones is 1. The van der Waals surface area contributed by atoms with E-state index in [1.807, 2.05) is 42.5 Å². The number of hydrogen-bond donors (Lipinski definition) is 4. The number of likely N-dealkylation sites (tertiary alicyclic amines) is 1. The molecule has 1 aliphatic heterocycles. The normalized spacial score (nSPS) is 16.1. The van der Waals surface area contributed by atoms with E-state index in [-0.39, 0.29) is 42.8 Å². The second kappa shape index (κ2) is 15.9. The molecule has 0 spiro atoms. The van der Waals surface area contributed by atoms with Crippen LogP contribution >= 0.6 is 0 Å². The Labute approximate surface area is 247 Å². The number of nitrogens with two attached hydrogens (primary N) is 4. The Morgan fingerprint density at radius 3 is 2.45 bits per heavy atom. The third kappa shape index (κ3) is 8.75. The van der Waals surface area contributed by atoms with Gasteiger partial charge in [-0.2, -0.15) is 0 Å². The molecule has 3 rings (SSSR count). The second-order valence-electron chi connectivity index (χ2n) is 11.0. The van der Waals surface area contributed by atoms with Crippen molar-refractivity contribution in [3.8, 4) is 0 Å². The van der Waals surface area contributed by atoms with Crippen LogP contribution in [0.1, 0.15) is 56.9 Å². The molecule has 1 saturated heterocycles. The average molecular weight is 580 g/mol. The molecule has 0 aliphatic carbocycles. The van der Waals surface area contributed by atoms with Crippen molar-refractivity contribution in [1.82, 2.24) is 9.80 Å². The lowest BCUT2D eigenvalue weighted by atomic mass is 9.90. The maximum atomic E-state index is 13.7. The van der Waals surface area contributed by atoms with Crippen LogP contribution in [0.2, 0.25) is 0 Å². The Morgan fingerprint density at radius 1 is 1.00 bits per heavy atom. The van der Waals surface area contributed by atoms with Gasteiger partial charge in [0, 0.05) is 32.5 Å². The highest BCUT2D eigenvalue weighted by molar-refractivity contribution is 5.95. The molecule has 0 saturated carbocycles. The van der Waals surface area contributed by atoms with E-state index < -0.39 is 23.9 Å². The Balaban J connectivity index is 1.71. The van der Waals surface area contributed by atoms with Gasteiger partial charge < -0.3 is 32.7 Å². The molecular formula is C31H45N7O4. The molecule has 0 aromatic heterocycles. The van der Waals surface area contributed by atoms with Gasteiger partial charge in [0.05, 0.1) is 12.5 Å².